The van der Waals surface area contributed by atoms with Crippen molar-refractivity contribution < 1.29 is 43.2 Å². The highest BCUT2D eigenvalue weighted by Gasteiger charge is 2.26. The maximum absolute atomic E-state index is 11.6. The molecule has 1 N–H and O–H groups in total. The van der Waals surface area contributed by atoms with Gasteiger partial charge in [-0.25, -0.2) is 14.4 Å². The molecule has 0 aromatic carbocycles. The molecule has 3 atom stereocenters. The van der Waals surface area contributed by atoms with Gasteiger partial charge in [0.05, 0.1) is 6.42 Å². The summed E-state index contributed by atoms with van der Waals surface area (Å²) in [6.07, 6.45) is -5.09. The van der Waals surface area contributed by atoms with Crippen molar-refractivity contribution in [3.63, 3.8) is 0 Å². The van der Waals surface area contributed by atoms with Crippen LogP contribution in [0, 0.1) is 0 Å². The summed E-state index contributed by atoms with van der Waals surface area (Å²) in [7, 11) is 0. The Morgan fingerprint density at radius 2 is 1.24 bits per heavy atom. The van der Waals surface area contributed by atoms with Crippen molar-refractivity contribution in [1.82, 2.24) is 0 Å². The van der Waals surface area contributed by atoms with E-state index >= 15 is 0 Å². The largest absolute Gasteiger partial charge is 0.425 e. The molecule has 0 aliphatic heterocycles. The summed E-state index contributed by atoms with van der Waals surface area (Å²) in [5, 5.41) is 9.61. The summed E-state index contributed by atoms with van der Waals surface area (Å²) in [6.45, 7) is 12.1. The Kier molecular flexibility index (Phi) is 9.14. The minimum atomic E-state index is -1.84. The van der Waals surface area contributed by atoms with Crippen molar-refractivity contribution in [2.24, 2.45) is 0 Å². The summed E-state index contributed by atoms with van der Waals surface area (Å²) in [4.78, 5) is 45.7. The Balaban J connectivity index is 4.35. The van der Waals surface area contributed by atoms with Gasteiger partial charge in [-0.2, -0.15) is 0 Å². The van der Waals surface area contributed by atoms with Crippen LogP contribution >= 0.6 is 0 Å². The number of aliphatic hydroxyl groups is 1. The molecule has 0 aromatic heterocycles. The Labute approximate surface area is 145 Å². The van der Waals surface area contributed by atoms with Gasteiger partial charge in [0.15, 0.2) is 6.10 Å². The zero-order valence-electron chi connectivity index (χ0n) is 14.6. The SMILES string of the molecule is C=C(C)C(=O)OC(C)OC(=O)CC(O)C(=O)OC(C)OC(=O)C(=C)C. The minimum absolute atomic E-state index is 0.102. The maximum Gasteiger partial charge on any atom is 0.338 e. The summed E-state index contributed by atoms with van der Waals surface area (Å²) in [6, 6.07) is 0. The molecular formula is C16H22O9. The van der Waals surface area contributed by atoms with E-state index in [2.05, 4.69) is 17.9 Å². The highest BCUT2D eigenvalue weighted by Crippen LogP contribution is 2.07. The smallest absolute Gasteiger partial charge is 0.338 e. The molecule has 0 aromatic rings. The first-order valence-corrected chi connectivity index (χ1v) is 7.25. The Morgan fingerprint density at radius 1 is 0.840 bits per heavy atom. The second-order valence-electron chi connectivity index (χ2n) is 5.15. The second-order valence-corrected chi connectivity index (χ2v) is 5.15. The number of rotatable bonds is 9. The van der Waals surface area contributed by atoms with E-state index in [1.165, 1.54) is 27.7 Å². The lowest BCUT2D eigenvalue weighted by atomic mass is 10.2. The molecule has 0 rings (SSSR count). The van der Waals surface area contributed by atoms with E-state index in [0.29, 0.717) is 0 Å². The molecule has 0 saturated carbocycles. The van der Waals surface area contributed by atoms with Crippen LogP contribution in [-0.2, 0) is 38.1 Å². The molecular weight excluding hydrogens is 336 g/mol. The summed E-state index contributed by atoms with van der Waals surface area (Å²) < 4.78 is 18.8. The van der Waals surface area contributed by atoms with Gasteiger partial charge in [0.25, 0.3) is 0 Å². The van der Waals surface area contributed by atoms with Gasteiger partial charge >= 0.3 is 23.9 Å². The van der Waals surface area contributed by atoms with Crippen LogP contribution in [0.1, 0.15) is 34.1 Å². The monoisotopic (exact) mass is 358 g/mol. The maximum atomic E-state index is 11.6. The number of hydrogen-bond acceptors (Lipinski definition) is 9. The first kappa shape index (κ1) is 22.3. The number of ether oxygens (including phenoxy) is 4. The zero-order valence-corrected chi connectivity index (χ0v) is 14.6. The highest BCUT2D eigenvalue weighted by atomic mass is 16.7. The average Bonchev–Trinajstić information content (AvgIpc) is 2.45. The van der Waals surface area contributed by atoms with Crippen molar-refractivity contribution in [2.45, 2.75) is 52.8 Å². The normalized spacial score (nSPS) is 13.6. The average molecular weight is 358 g/mol. The molecule has 0 heterocycles. The predicted molar refractivity (Wildman–Crippen MR) is 83.5 cm³/mol. The number of hydrogen-bond donors (Lipinski definition) is 1. The number of aliphatic hydroxyl groups excluding tert-OH is 1. The molecule has 3 unspecified atom stereocenters. The number of carbonyl (C=O) groups is 4. The van der Waals surface area contributed by atoms with Gasteiger partial charge in [0.1, 0.15) is 0 Å². The van der Waals surface area contributed by atoms with Crippen LogP contribution in [0.15, 0.2) is 24.3 Å². The fourth-order valence-corrected chi connectivity index (χ4v) is 1.27. The van der Waals surface area contributed by atoms with E-state index in [0.717, 1.165) is 0 Å². The molecule has 0 saturated heterocycles. The molecule has 0 bridgehead atoms. The fourth-order valence-electron chi connectivity index (χ4n) is 1.27. The van der Waals surface area contributed by atoms with E-state index in [9.17, 15) is 24.3 Å². The van der Waals surface area contributed by atoms with Crippen molar-refractivity contribution in [3.05, 3.63) is 24.3 Å². The predicted octanol–water partition coefficient (Wildman–Crippen LogP) is 0.754. The summed E-state index contributed by atoms with van der Waals surface area (Å²) in [5.74, 6) is -3.72. The Morgan fingerprint density at radius 3 is 1.64 bits per heavy atom. The molecule has 9 nitrogen and oxygen atoms in total. The van der Waals surface area contributed by atoms with E-state index in [1.807, 2.05) is 0 Å². The zero-order chi connectivity index (χ0) is 19.7. The lowest BCUT2D eigenvalue weighted by molar-refractivity contribution is -0.194. The molecule has 0 amide bonds. The second kappa shape index (κ2) is 10.2. The van der Waals surface area contributed by atoms with E-state index in [-0.39, 0.29) is 11.1 Å². The van der Waals surface area contributed by atoms with Crippen LogP contribution < -0.4 is 0 Å². The topological polar surface area (TPSA) is 125 Å². The van der Waals surface area contributed by atoms with Gasteiger partial charge in [-0.15, -0.1) is 0 Å². The highest BCUT2D eigenvalue weighted by molar-refractivity contribution is 5.87. The third kappa shape index (κ3) is 9.26. The number of carbonyl (C=O) groups excluding carboxylic acids is 4. The number of esters is 4. The quantitative estimate of drug-likeness (QED) is 0.361. The van der Waals surface area contributed by atoms with Crippen LogP contribution in [-0.4, -0.2) is 47.7 Å². The van der Waals surface area contributed by atoms with Crippen LogP contribution in [0.4, 0.5) is 0 Å². The Bertz CT molecular complexity index is 564. The van der Waals surface area contributed by atoms with Gasteiger partial charge in [-0.05, 0) is 13.8 Å². The van der Waals surface area contributed by atoms with Gasteiger partial charge in [0.2, 0.25) is 12.6 Å². The van der Waals surface area contributed by atoms with Crippen molar-refractivity contribution >= 4 is 23.9 Å². The van der Waals surface area contributed by atoms with Crippen LogP contribution in [0.5, 0.6) is 0 Å². The van der Waals surface area contributed by atoms with Crippen molar-refractivity contribution in [3.8, 4) is 0 Å². The van der Waals surface area contributed by atoms with Gasteiger partial charge < -0.3 is 24.1 Å². The first-order valence-electron chi connectivity index (χ1n) is 7.25. The molecule has 25 heavy (non-hydrogen) atoms. The lowest BCUT2D eigenvalue weighted by Crippen LogP contribution is -2.32. The molecule has 9 heteroatoms. The fraction of sp³-hybridized carbons (Fsp3) is 0.500. The third-order valence-electron chi connectivity index (χ3n) is 2.45. The third-order valence-corrected chi connectivity index (χ3v) is 2.45. The summed E-state index contributed by atoms with van der Waals surface area (Å²) in [5.41, 5.74) is 0.218. The van der Waals surface area contributed by atoms with E-state index < -0.39 is 49.0 Å². The van der Waals surface area contributed by atoms with Gasteiger partial charge in [-0.1, -0.05) is 13.2 Å². The minimum Gasteiger partial charge on any atom is -0.425 e. The van der Waals surface area contributed by atoms with Crippen molar-refractivity contribution in [2.75, 3.05) is 0 Å². The lowest BCUT2D eigenvalue weighted by Gasteiger charge is -2.17. The Hall–Kier alpha value is -2.68. The van der Waals surface area contributed by atoms with E-state index in [4.69, 9.17) is 14.2 Å². The van der Waals surface area contributed by atoms with Crippen LogP contribution in [0.2, 0.25) is 0 Å². The molecule has 140 valence electrons. The molecule has 0 aliphatic rings. The van der Waals surface area contributed by atoms with E-state index in [1.54, 1.807) is 0 Å². The molecule has 0 radical (unpaired) electrons. The van der Waals surface area contributed by atoms with Crippen LogP contribution in [0.3, 0.4) is 0 Å². The molecule has 0 aliphatic carbocycles. The summed E-state index contributed by atoms with van der Waals surface area (Å²) >= 11 is 0. The standard InChI is InChI=1S/C16H22O9/c1-8(2)14(19)23-10(5)22-13(18)7-12(17)16(21)25-11(6)24-15(20)9(3)4/h10-12,17H,1,3,7H2,2,4-6H3. The van der Waals surface area contributed by atoms with Gasteiger partial charge in [0, 0.05) is 25.0 Å². The molecule has 0 fully saturated rings. The van der Waals surface area contributed by atoms with Crippen LogP contribution in [0.25, 0.3) is 0 Å². The first-order chi connectivity index (χ1) is 11.4. The van der Waals surface area contributed by atoms with Crippen molar-refractivity contribution in [1.29, 1.82) is 0 Å². The molecule has 0 spiro atoms. The van der Waals surface area contributed by atoms with Gasteiger partial charge in [-0.3, -0.25) is 4.79 Å².